The van der Waals surface area contributed by atoms with E-state index in [1.807, 2.05) is 18.4 Å². The van der Waals surface area contributed by atoms with Crippen molar-refractivity contribution in [3.63, 3.8) is 0 Å². The van der Waals surface area contributed by atoms with Crippen molar-refractivity contribution in [1.82, 2.24) is 29.9 Å². The number of aromatic nitrogens is 5. The molecule has 0 saturated carbocycles. The van der Waals surface area contributed by atoms with E-state index in [9.17, 15) is 9.59 Å². The first-order valence-electron chi connectivity index (χ1n) is 6.88. The maximum Gasteiger partial charge on any atom is 0.271 e. The van der Waals surface area contributed by atoms with Gasteiger partial charge in [-0.05, 0) is 19.9 Å². The van der Waals surface area contributed by atoms with Crippen LogP contribution in [-0.2, 0) is 13.6 Å². The van der Waals surface area contributed by atoms with E-state index in [4.69, 9.17) is 0 Å². The number of carbonyl (C=O) groups is 1. The van der Waals surface area contributed by atoms with Gasteiger partial charge in [0, 0.05) is 32.0 Å². The van der Waals surface area contributed by atoms with Gasteiger partial charge in [0.05, 0.1) is 0 Å². The quantitative estimate of drug-likeness (QED) is 0.604. The van der Waals surface area contributed by atoms with Gasteiger partial charge in [0.15, 0.2) is 5.16 Å². The fourth-order valence-electron chi connectivity index (χ4n) is 1.85. The molecule has 0 aliphatic rings. The van der Waals surface area contributed by atoms with Gasteiger partial charge in [0.25, 0.3) is 11.5 Å². The molecule has 0 spiro atoms. The standard InChI is InChI=1S/C13H18N6O2S/c1-4-19-9(2)15-16-13(19)22-8-7-14-12(21)10-5-6-11(20)18(3)17-10/h5-6H,4,7-8H2,1-3H3,(H,14,21). The molecular weight excluding hydrogens is 304 g/mol. The van der Waals surface area contributed by atoms with Crippen LogP contribution < -0.4 is 10.9 Å². The van der Waals surface area contributed by atoms with Gasteiger partial charge >= 0.3 is 0 Å². The number of thioether (sulfide) groups is 1. The van der Waals surface area contributed by atoms with Crippen molar-refractivity contribution in [2.75, 3.05) is 12.3 Å². The van der Waals surface area contributed by atoms with E-state index in [2.05, 4.69) is 20.6 Å². The van der Waals surface area contributed by atoms with Crippen LogP contribution in [0.2, 0.25) is 0 Å². The van der Waals surface area contributed by atoms with E-state index in [-0.39, 0.29) is 17.2 Å². The average Bonchev–Trinajstić information content (AvgIpc) is 2.86. The van der Waals surface area contributed by atoms with Gasteiger partial charge in [0.1, 0.15) is 11.5 Å². The molecule has 0 bridgehead atoms. The van der Waals surface area contributed by atoms with Gasteiger partial charge in [-0.2, -0.15) is 5.10 Å². The molecule has 0 radical (unpaired) electrons. The second-order valence-corrected chi connectivity index (χ2v) is 5.62. The van der Waals surface area contributed by atoms with E-state index >= 15 is 0 Å². The van der Waals surface area contributed by atoms with Crippen LogP contribution in [0.5, 0.6) is 0 Å². The van der Waals surface area contributed by atoms with E-state index < -0.39 is 0 Å². The monoisotopic (exact) mass is 322 g/mol. The first-order chi connectivity index (χ1) is 10.5. The van der Waals surface area contributed by atoms with Crippen molar-refractivity contribution >= 4 is 17.7 Å². The molecular formula is C13H18N6O2S. The van der Waals surface area contributed by atoms with Gasteiger partial charge < -0.3 is 9.88 Å². The third-order valence-electron chi connectivity index (χ3n) is 3.03. The summed E-state index contributed by atoms with van der Waals surface area (Å²) in [4.78, 5) is 23.1. The molecule has 2 rings (SSSR count). The number of aryl methyl sites for hydroxylation is 2. The molecule has 0 atom stereocenters. The largest absolute Gasteiger partial charge is 0.350 e. The zero-order valence-electron chi connectivity index (χ0n) is 12.7. The SMILES string of the molecule is CCn1c(C)nnc1SCCNC(=O)c1ccc(=O)n(C)n1. The lowest BCUT2D eigenvalue weighted by Gasteiger charge is -2.06. The van der Waals surface area contributed by atoms with E-state index in [0.717, 1.165) is 22.2 Å². The summed E-state index contributed by atoms with van der Waals surface area (Å²) in [6, 6.07) is 2.74. The van der Waals surface area contributed by atoms with Crippen LogP contribution in [0.15, 0.2) is 22.1 Å². The summed E-state index contributed by atoms with van der Waals surface area (Å²) in [5, 5.41) is 15.6. The molecule has 9 heteroatoms. The van der Waals surface area contributed by atoms with Crippen molar-refractivity contribution in [3.05, 3.63) is 34.0 Å². The average molecular weight is 322 g/mol. The number of hydrogen-bond acceptors (Lipinski definition) is 6. The minimum Gasteiger partial charge on any atom is -0.350 e. The molecule has 2 aromatic heterocycles. The molecule has 2 aromatic rings. The van der Waals surface area contributed by atoms with Crippen molar-refractivity contribution in [2.45, 2.75) is 25.5 Å². The number of amides is 1. The maximum absolute atomic E-state index is 11.9. The Bertz CT molecular complexity index is 724. The van der Waals surface area contributed by atoms with Crippen molar-refractivity contribution in [1.29, 1.82) is 0 Å². The third kappa shape index (κ3) is 3.73. The Balaban J connectivity index is 1.84. The van der Waals surface area contributed by atoms with Crippen LogP contribution in [0.25, 0.3) is 0 Å². The number of carbonyl (C=O) groups excluding carboxylic acids is 1. The van der Waals surface area contributed by atoms with Crippen LogP contribution in [0.4, 0.5) is 0 Å². The van der Waals surface area contributed by atoms with Crippen LogP contribution in [0, 0.1) is 6.92 Å². The lowest BCUT2D eigenvalue weighted by molar-refractivity contribution is 0.0949. The molecule has 0 fully saturated rings. The van der Waals surface area contributed by atoms with Gasteiger partial charge in [-0.3, -0.25) is 9.59 Å². The zero-order chi connectivity index (χ0) is 16.1. The van der Waals surface area contributed by atoms with Gasteiger partial charge in [-0.25, -0.2) is 4.68 Å². The highest BCUT2D eigenvalue weighted by Crippen LogP contribution is 2.15. The number of rotatable bonds is 6. The Morgan fingerprint density at radius 1 is 1.36 bits per heavy atom. The minimum atomic E-state index is -0.302. The summed E-state index contributed by atoms with van der Waals surface area (Å²) in [6.45, 7) is 5.24. The molecule has 1 N–H and O–H groups in total. The highest BCUT2D eigenvalue weighted by atomic mass is 32.2. The molecule has 0 aliphatic heterocycles. The van der Waals surface area contributed by atoms with Crippen molar-refractivity contribution < 1.29 is 4.79 Å². The van der Waals surface area contributed by atoms with Crippen LogP contribution >= 0.6 is 11.8 Å². The highest BCUT2D eigenvalue weighted by Gasteiger charge is 2.10. The molecule has 0 saturated heterocycles. The summed E-state index contributed by atoms with van der Waals surface area (Å²) < 4.78 is 3.15. The molecule has 118 valence electrons. The van der Waals surface area contributed by atoms with Crippen LogP contribution in [0.3, 0.4) is 0 Å². The second-order valence-electron chi connectivity index (χ2n) is 4.56. The third-order valence-corrected chi connectivity index (χ3v) is 4.00. The van der Waals surface area contributed by atoms with Crippen LogP contribution in [0.1, 0.15) is 23.2 Å². The molecule has 1 amide bonds. The Labute approximate surface area is 131 Å². The fourth-order valence-corrected chi connectivity index (χ4v) is 2.76. The maximum atomic E-state index is 11.9. The Kier molecular flexibility index (Phi) is 5.31. The summed E-state index contributed by atoms with van der Waals surface area (Å²) in [6.07, 6.45) is 0. The lowest BCUT2D eigenvalue weighted by atomic mass is 10.3. The molecule has 8 nitrogen and oxygen atoms in total. The number of hydrogen-bond donors (Lipinski definition) is 1. The smallest absolute Gasteiger partial charge is 0.271 e. The van der Waals surface area contributed by atoms with E-state index in [1.54, 1.807) is 0 Å². The van der Waals surface area contributed by atoms with Crippen molar-refractivity contribution in [2.24, 2.45) is 7.05 Å². The summed E-state index contributed by atoms with van der Waals surface area (Å²) in [7, 11) is 1.51. The van der Waals surface area contributed by atoms with Gasteiger partial charge in [0.2, 0.25) is 0 Å². The van der Waals surface area contributed by atoms with E-state index in [0.29, 0.717) is 12.3 Å². The summed E-state index contributed by atoms with van der Waals surface area (Å²) >= 11 is 1.53. The highest BCUT2D eigenvalue weighted by molar-refractivity contribution is 7.99. The summed E-state index contributed by atoms with van der Waals surface area (Å²) in [5.74, 6) is 1.25. The van der Waals surface area contributed by atoms with Gasteiger partial charge in [-0.15, -0.1) is 10.2 Å². The molecule has 0 unspecified atom stereocenters. The topological polar surface area (TPSA) is 94.7 Å². The molecule has 0 aromatic carbocycles. The van der Waals surface area contributed by atoms with Gasteiger partial charge in [-0.1, -0.05) is 11.8 Å². The Hall–Kier alpha value is -2.16. The number of nitrogens with zero attached hydrogens (tertiary/aromatic N) is 5. The Morgan fingerprint density at radius 3 is 2.82 bits per heavy atom. The van der Waals surface area contributed by atoms with E-state index in [1.165, 1.54) is 30.9 Å². The molecule has 0 aliphatic carbocycles. The predicted octanol–water partition coefficient (Wildman–Crippen LogP) is 0.222. The zero-order valence-corrected chi connectivity index (χ0v) is 13.6. The first-order valence-corrected chi connectivity index (χ1v) is 7.86. The van der Waals surface area contributed by atoms with Crippen molar-refractivity contribution in [3.8, 4) is 0 Å². The normalized spacial score (nSPS) is 10.7. The Morgan fingerprint density at radius 2 is 2.14 bits per heavy atom. The second kappa shape index (κ2) is 7.21. The molecule has 2 heterocycles. The minimum absolute atomic E-state index is 0.222. The predicted molar refractivity (Wildman–Crippen MR) is 83.0 cm³/mol. The first kappa shape index (κ1) is 16.2. The molecule has 22 heavy (non-hydrogen) atoms. The summed E-state index contributed by atoms with van der Waals surface area (Å²) in [5.41, 5.74) is -0.0268. The number of nitrogens with one attached hydrogen (secondary N) is 1. The van der Waals surface area contributed by atoms with Crippen LogP contribution in [-0.4, -0.2) is 42.7 Å². The fraction of sp³-hybridized carbons (Fsp3) is 0.462. The lowest BCUT2D eigenvalue weighted by Crippen LogP contribution is -2.29.